The zero-order valence-corrected chi connectivity index (χ0v) is 12.2. The van der Waals surface area contributed by atoms with Gasteiger partial charge in [0.1, 0.15) is 0 Å². The van der Waals surface area contributed by atoms with Crippen LogP contribution in [-0.4, -0.2) is 11.0 Å². The molecule has 3 aromatic rings. The van der Waals surface area contributed by atoms with Crippen molar-refractivity contribution < 1.29 is 0 Å². The first-order valence-corrected chi connectivity index (χ1v) is 7.39. The molecule has 21 heavy (non-hydrogen) atoms. The minimum atomic E-state index is 0.0704. The van der Waals surface area contributed by atoms with E-state index in [1.807, 2.05) is 24.3 Å². The Morgan fingerprint density at radius 3 is 2.43 bits per heavy atom. The van der Waals surface area contributed by atoms with Crippen molar-refractivity contribution in [2.45, 2.75) is 25.3 Å². The fourth-order valence-corrected chi connectivity index (χ4v) is 2.64. The summed E-state index contributed by atoms with van der Waals surface area (Å²) in [5.41, 5.74) is 9.76. The highest BCUT2D eigenvalue weighted by Gasteiger charge is 2.15. The largest absolute Gasteiger partial charge is 0.327 e. The monoisotopic (exact) mass is 276 g/mol. The van der Waals surface area contributed by atoms with Gasteiger partial charge in [0.25, 0.3) is 0 Å². The summed E-state index contributed by atoms with van der Waals surface area (Å²) in [6, 6.07) is 22.9. The summed E-state index contributed by atoms with van der Waals surface area (Å²) in [4.78, 5) is 4.71. The van der Waals surface area contributed by atoms with Gasteiger partial charge in [-0.3, -0.25) is 4.98 Å². The first kappa shape index (κ1) is 13.8. The molecular formula is C19H20N2. The number of rotatable bonds is 4. The average molecular weight is 276 g/mol. The van der Waals surface area contributed by atoms with Crippen molar-refractivity contribution in [3.8, 4) is 0 Å². The molecule has 2 aromatic carbocycles. The van der Waals surface area contributed by atoms with E-state index >= 15 is 0 Å². The second kappa shape index (κ2) is 6.06. The zero-order valence-electron chi connectivity index (χ0n) is 12.2. The fourth-order valence-electron chi connectivity index (χ4n) is 2.64. The lowest BCUT2D eigenvalue weighted by Gasteiger charge is -2.20. The van der Waals surface area contributed by atoms with E-state index in [-0.39, 0.29) is 6.04 Å². The number of pyridine rings is 1. The van der Waals surface area contributed by atoms with Crippen LogP contribution in [0, 0.1) is 0 Å². The number of nitrogens with zero attached hydrogens (tertiary/aromatic N) is 1. The Morgan fingerprint density at radius 1 is 0.905 bits per heavy atom. The minimum absolute atomic E-state index is 0.0704. The maximum Gasteiger partial charge on any atom is 0.0705 e. The highest BCUT2D eigenvalue weighted by atomic mass is 14.7. The van der Waals surface area contributed by atoms with Crippen LogP contribution in [0.25, 0.3) is 10.9 Å². The van der Waals surface area contributed by atoms with Crippen LogP contribution < -0.4 is 5.73 Å². The molecule has 0 spiro atoms. The van der Waals surface area contributed by atoms with Crippen molar-refractivity contribution in [3.05, 3.63) is 78.0 Å². The lowest BCUT2D eigenvalue weighted by molar-refractivity contribution is 0.559. The molecule has 0 aliphatic heterocycles. The molecule has 1 heterocycles. The van der Waals surface area contributed by atoms with Gasteiger partial charge >= 0.3 is 0 Å². The van der Waals surface area contributed by atoms with E-state index in [9.17, 15) is 0 Å². The van der Waals surface area contributed by atoms with E-state index in [1.54, 1.807) is 0 Å². The topological polar surface area (TPSA) is 38.9 Å². The molecule has 0 aliphatic carbocycles. The van der Waals surface area contributed by atoms with Crippen LogP contribution in [0.1, 0.15) is 24.1 Å². The second-order valence-electron chi connectivity index (χ2n) is 5.56. The third-order valence-corrected chi connectivity index (χ3v) is 4.07. The summed E-state index contributed by atoms with van der Waals surface area (Å²) in [5, 5.41) is 1.17. The molecule has 0 aliphatic rings. The number of fused-ring (bicyclic) bond motifs is 1. The summed E-state index contributed by atoms with van der Waals surface area (Å²) in [6.45, 7) is 2.18. The van der Waals surface area contributed by atoms with Crippen LogP contribution in [0.2, 0.25) is 0 Å². The molecule has 0 saturated carbocycles. The number of hydrogen-bond donors (Lipinski definition) is 1. The number of nitrogens with two attached hydrogens (primary N) is 1. The SMILES string of the molecule is CC(c1ccccc1)C(N)Cc1ccc2ccccc2n1. The van der Waals surface area contributed by atoms with Gasteiger partial charge in [-0.15, -0.1) is 0 Å². The molecule has 3 rings (SSSR count). The third-order valence-electron chi connectivity index (χ3n) is 4.07. The standard InChI is InChI=1S/C19H20N2/c1-14(15-7-3-2-4-8-15)18(20)13-17-12-11-16-9-5-6-10-19(16)21-17/h2-12,14,18H,13,20H2,1H3. The van der Waals surface area contributed by atoms with Crippen molar-refractivity contribution >= 4 is 10.9 Å². The molecule has 2 atom stereocenters. The van der Waals surface area contributed by atoms with Gasteiger partial charge in [-0.25, -0.2) is 0 Å². The quantitative estimate of drug-likeness (QED) is 0.784. The van der Waals surface area contributed by atoms with E-state index in [1.165, 1.54) is 10.9 Å². The molecule has 0 radical (unpaired) electrons. The van der Waals surface area contributed by atoms with Gasteiger partial charge in [0, 0.05) is 23.5 Å². The van der Waals surface area contributed by atoms with Gasteiger partial charge < -0.3 is 5.73 Å². The maximum absolute atomic E-state index is 6.39. The Hall–Kier alpha value is -2.19. The second-order valence-corrected chi connectivity index (χ2v) is 5.56. The molecule has 2 nitrogen and oxygen atoms in total. The molecule has 2 heteroatoms. The Kier molecular flexibility index (Phi) is 3.98. The van der Waals surface area contributed by atoms with Gasteiger partial charge in [0.05, 0.1) is 5.52 Å². The molecule has 0 saturated heterocycles. The molecule has 0 bridgehead atoms. The molecule has 1 aromatic heterocycles. The van der Waals surface area contributed by atoms with Crippen molar-refractivity contribution in [3.63, 3.8) is 0 Å². The van der Waals surface area contributed by atoms with Crippen LogP contribution in [0.15, 0.2) is 66.7 Å². The highest BCUT2D eigenvalue weighted by Crippen LogP contribution is 2.20. The lowest BCUT2D eigenvalue weighted by Crippen LogP contribution is -2.29. The van der Waals surface area contributed by atoms with Gasteiger partial charge in [0.2, 0.25) is 0 Å². The van der Waals surface area contributed by atoms with Crippen molar-refractivity contribution in [2.24, 2.45) is 5.73 Å². The zero-order chi connectivity index (χ0) is 14.7. The van der Waals surface area contributed by atoms with Crippen LogP contribution in [0.4, 0.5) is 0 Å². The Labute approximate surface area is 125 Å². The van der Waals surface area contributed by atoms with E-state index < -0.39 is 0 Å². The van der Waals surface area contributed by atoms with Gasteiger partial charge in [-0.05, 0) is 23.6 Å². The Morgan fingerprint density at radius 2 is 1.62 bits per heavy atom. The maximum atomic E-state index is 6.39. The summed E-state index contributed by atoms with van der Waals surface area (Å²) >= 11 is 0. The van der Waals surface area contributed by atoms with Crippen molar-refractivity contribution in [2.75, 3.05) is 0 Å². The van der Waals surface area contributed by atoms with Crippen molar-refractivity contribution in [1.82, 2.24) is 4.98 Å². The number of para-hydroxylation sites is 1. The molecule has 2 unspecified atom stereocenters. The molecule has 2 N–H and O–H groups in total. The smallest absolute Gasteiger partial charge is 0.0705 e. The summed E-state index contributed by atoms with van der Waals surface area (Å²) in [6.07, 6.45) is 0.793. The first-order chi connectivity index (χ1) is 10.2. The number of aromatic nitrogens is 1. The van der Waals surface area contributed by atoms with Gasteiger partial charge in [0.15, 0.2) is 0 Å². The summed E-state index contributed by atoms with van der Waals surface area (Å²) < 4.78 is 0. The number of hydrogen-bond acceptors (Lipinski definition) is 2. The molecule has 106 valence electrons. The van der Waals surface area contributed by atoms with Gasteiger partial charge in [-0.1, -0.05) is 61.5 Å². The van der Waals surface area contributed by atoms with E-state index in [4.69, 9.17) is 10.7 Å². The number of benzene rings is 2. The van der Waals surface area contributed by atoms with E-state index in [2.05, 4.69) is 49.4 Å². The normalized spacial score (nSPS) is 14.0. The van der Waals surface area contributed by atoms with Crippen LogP contribution in [0.3, 0.4) is 0 Å². The fraction of sp³-hybridized carbons (Fsp3) is 0.211. The Balaban J connectivity index is 1.78. The van der Waals surface area contributed by atoms with Crippen LogP contribution in [-0.2, 0) is 6.42 Å². The summed E-state index contributed by atoms with van der Waals surface area (Å²) in [7, 11) is 0. The van der Waals surface area contributed by atoms with Crippen LogP contribution in [0.5, 0.6) is 0 Å². The predicted octanol–water partition coefficient (Wildman–Crippen LogP) is 3.91. The lowest BCUT2D eigenvalue weighted by atomic mass is 9.91. The Bertz CT molecular complexity index is 722. The molecule has 0 fully saturated rings. The van der Waals surface area contributed by atoms with Gasteiger partial charge in [-0.2, -0.15) is 0 Å². The third kappa shape index (κ3) is 3.11. The first-order valence-electron chi connectivity index (χ1n) is 7.39. The molecular weight excluding hydrogens is 256 g/mol. The van der Waals surface area contributed by atoms with E-state index in [0.717, 1.165) is 17.6 Å². The summed E-state index contributed by atoms with van der Waals surface area (Å²) in [5.74, 6) is 0.319. The molecule has 0 amide bonds. The predicted molar refractivity (Wildman–Crippen MR) is 88.3 cm³/mol. The highest BCUT2D eigenvalue weighted by molar-refractivity contribution is 5.78. The average Bonchev–Trinajstić information content (AvgIpc) is 2.55. The van der Waals surface area contributed by atoms with E-state index in [0.29, 0.717) is 5.92 Å². The van der Waals surface area contributed by atoms with Crippen LogP contribution >= 0.6 is 0 Å². The minimum Gasteiger partial charge on any atom is -0.327 e. The van der Waals surface area contributed by atoms with Crippen molar-refractivity contribution in [1.29, 1.82) is 0 Å².